The third-order valence-electron chi connectivity index (χ3n) is 4.24. The lowest BCUT2D eigenvalue weighted by Crippen LogP contribution is -2.32. The van der Waals surface area contributed by atoms with Gasteiger partial charge >= 0.3 is 6.18 Å². The molecule has 0 fully saturated rings. The SMILES string of the molecule is Cc1[nH]nc(Cl)c1NC(=O)c1cc(F)c(C2=NC(=O)C(F)C=N2)cc1O[C@@H](C)C(F)(F)F. The number of H-pyrrole nitrogens is 1. The fourth-order valence-corrected chi connectivity index (χ4v) is 2.74. The van der Waals surface area contributed by atoms with Gasteiger partial charge in [0.1, 0.15) is 17.3 Å². The number of benzene rings is 1. The molecule has 0 bridgehead atoms. The molecule has 0 saturated carbocycles. The maximum atomic E-state index is 14.7. The first-order valence-electron chi connectivity index (χ1n) is 8.78. The average molecular weight is 478 g/mol. The molecule has 0 spiro atoms. The Hall–Kier alpha value is -3.35. The van der Waals surface area contributed by atoms with Crippen LogP contribution in [0.5, 0.6) is 5.75 Å². The average Bonchev–Trinajstić information content (AvgIpc) is 3.02. The van der Waals surface area contributed by atoms with Gasteiger partial charge in [0.05, 0.1) is 23.0 Å². The standard InChI is InChI=1S/C18H13ClF5N5O3/c1-6-13(14(19)29-28-6)26-16(30)9-3-10(20)8(15-25-5-11(21)17(31)27-15)4-12(9)32-7(2)18(22,23)24/h3-5,7,11H,1-2H3,(H,26,30)(H,28,29)/t7-,11?/m0/s1. The number of anilines is 1. The number of amidine groups is 1. The minimum atomic E-state index is -4.81. The smallest absolute Gasteiger partial charge is 0.425 e. The van der Waals surface area contributed by atoms with Crippen LogP contribution in [0.3, 0.4) is 0 Å². The molecular weight excluding hydrogens is 465 g/mol. The van der Waals surface area contributed by atoms with Crippen molar-refractivity contribution in [1.82, 2.24) is 10.2 Å². The summed E-state index contributed by atoms with van der Waals surface area (Å²) < 4.78 is 72.0. The van der Waals surface area contributed by atoms with Crippen LogP contribution in [0.25, 0.3) is 0 Å². The lowest BCUT2D eigenvalue weighted by molar-refractivity contribution is -0.189. The largest absolute Gasteiger partial charge is 0.480 e. The lowest BCUT2D eigenvalue weighted by Gasteiger charge is -2.20. The Morgan fingerprint density at radius 3 is 2.59 bits per heavy atom. The zero-order valence-corrected chi connectivity index (χ0v) is 17.0. The molecule has 0 aliphatic carbocycles. The second kappa shape index (κ2) is 8.65. The van der Waals surface area contributed by atoms with E-state index < -0.39 is 58.8 Å². The molecule has 0 radical (unpaired) electrons. The number of aryl methyl sites for hydroxylation is 1. The number of halogens is 6. The molecule has 2 aromatic rings. The summed E-state index contributed by atoms with van der Waals surface area (Å²) in [6.45, 7) is 2.19. The number of rotatable bonds is 5. The number of carbonyl (C=O) groups excluding carboxylic acids is 2. The molecule has 1 aromatic heterocycles. The van der Waals surface area contributed by atoms with E-state index in [0.717, 1.165) is 6.07 Å². The highest BCUT2D eigenvalue weighted by Crippen LogP contribution is 2.31. The van der Waals surface area contributed by atoms with Gasteiger partial charge in [0.25, 0.3) is 11.8 Å². The maximum Gasteiger partial charge on any atom is 0.425 e. The van der Waals surface area contributed by atoms with Gasteiger partial charge in [-0.2, -0.15) is 23.3 Å². The summed E-state index contributed by atoms with van der Waals surface area (Å²) >= 11 is 5.84. The van der Waals surface area contributed by atoms with E-state index in [1.54, 1.807) is 0 Å². The highest BCUT2D eigenvalue weighted by molar-refractivity contribution is 6.33. The Morgan fingerprint density at radius 1 is 1.34 bits per heavy atom. The van der Waals surface area contributed by atoms with Crippen molar-refractivity contribution in [3.8, 4) is 5.75 Å². The summed E-state index contributed by atoms with van der Waals surface area (Å²) in [5, 5.41) is 8.31. The van der Waals surface area contributed by atoms with Crippen molar-refractivity contribution in [2.24, 2.45) is 9.98 Å². The van der Waals surface area contributed by atoms with Crippen LogP contribution < -0.4 is 10.1 Å². The summed E-state index contributed by atoms with van der Waals surface area (Å²) in [5.74, 6) is -4.77. The van der Waals surface area contributed by atoms with E-state index in [1.807, 2.05) is 0 Å². The Morgan fingerprint density at radius 2 is 2.03 bits per heavy atom. The predicted octanol–water partition coefficient (Wildman–Crippen LogP) is 3.79. The van der Waals surface area contributed by atoms with Crippen LogP contribution in [-0.2, 0) is 4.79 Å². The molecule has 2 atom stereocenters. The molecule has 1 aliphatic heterocycles. The number of hydrogen-bond donors (Lipinski definition) is 2. The molecule has 14 heteroatoms. The number of nitrogens with one attached hydrogen (secondary N) is 2. The lowest BCUT2D eigenvalue weighted by atomic mass is 10.1. The minimum absolute atomic E-state index is 0.0248. The van der Waals surface area contributed by atoms with E-state index in [4.69, 9.17) is 16.3 Å². The Balaban J connectivity index is 2.06. The first-order valence-corrected chi connectivity index (χ1v) is 9.16. The second-order valence-electron chi connectivity index (χ2n) is 6.55. The van der Waals surface area contributed by atoms with Crippen LogP contribution in [0.4, 0.5) is 27.6 Å². The van der Waals surface area contributed by atoms with Crippen molar-refractivity contribution >= 4 is 41.2 Å². The molecule has 1 unspecified atom stereocenters. The van der Waals surface area contributed by atoms with E-state index in [1.165, 1.54) is 6.92 Å². The van der Waals surface area contributed by atoms with Crippen LogP contribution in [0.2, 0.25) is 5.15 Å². The van der Waals surface area contributed by atoms with E-state index in [2.05, 4.69) is 25.5 Å². The van der Waals surface area contributed by atoms with Gasteiger partial charge in [-0.25, -0.2) is 13.8 Å². The van der Waals surface area contributed by atoms with Gasteiger partial charge in [-0.1, -0.05) is 11.6 Å². The zero-order chi connectivity index (χ0) is 23.8. The molecule has 8 nitrogen and oxygen atoms in total. The zero-order valence-electron chi connectivity index (χ0n) is 16.2. The Bertz CT molecular complexity index is 1130. The van der Waals surface area contributed by atoms with Gasteiger partial charge in [0.15, 0.2) is 17.1 Å². The molecule has 2 heterocycles. The van der Waals surface area contributed by atoms with Gasteiger partial charge < -0.3 is 10.1 Å². The van der Waals surface area contributed by atoms with Gasteiger partial charge in [0.2, 0.25) is 6.17 Å². The number of nitrogens with zero attached hydrogens (tertiary/aromatic N) is 3. The molecule has 0 saturated heterocycles. The minimum Gasteiger partial charge on any atom is -0.480 e. The molecule has 1 aliphatic rings. The number of hydrogen-bond acceptors (Lipinski definition) is 5. The Labute approximate surface area is 181 Å². The van der Waals surface area contributed by atoms with Gasteiger partial charge in [-0.05, 0) is 26.0 Å². The van der Waals surface area contributed by atoms with Crippen LogP contribution >= 0.6 is 11.6 Å². The number of alkyl halides is 4. The monoisotopic (exact) mass is 477 g/mol. The third-order valence-corrected chi connectivity index (χ3v) is 4.51. The highest BCUT2D eigenvalue weighted by Gasteiger charge is 2.39. The normalized spacial score (nSPS) is 17.2. The number of aromatic nitrogens is 2. The molecule has 2 N–H and O–H groups in total. The number of aliphatic imine (C=N–C) groups is 2. The van der Waals surface area contributed by atoms with Crippen molar-refractivity contribution in [1.29, 1.82) is 0 Å². The predicted molar refractivity (Wildman–Crippen MR) is 104 cm³/mol. The van der Waals surface area contributed by atoms with Crippen LogP contribution in [0, 0.1) is 12.7 Å². The summed E-state index contributed by atoms with van der Waals surface area (Å²) in [5.41, 5.74) is -0.831. The molecule has 32 heavy (non-hydrogen) atoms. The van der Waals surface area contributed by atoms with E-state index in [-0.39, 0.29) is 10.8 Å². The van der Waals surface area contributed by atoms with Crippen molar-refractivity contribution in [2.75, 3.05) is 5.32 Å². The summed E-state index contributed by atoms with van der Waals surface area (Å²) in [7, 11) is 0. The van der Waals surface area contributed by atoms with Crippen molar-refractivity contribution in [3.63, 3.8) is 0 Å². The molecular formula is C18H13ClF5N5O3. The van der Waals surface area contributed by atoms with Crippen molar-refractivity contribution < 1.29 is 36.3 Å². The summed E-state index contributed by atoms with van der Waals surface area (Å²) in [6.07, 6.45) is -8.77. The van der Waals surface area contributed by atoms with E-state index in [9.17, 15) is 31.5 Å². The summed E-state index contributed by atoms with van der Waals surface area (Å²) in [6, 6.07) is 1.30. The topological polar surface area (TPSA) is 109 Å². The molecule has 1 aromatic carbocycles. The van der Waals surface area contributed by atoms with Gasteiger partial charge in [-0.15, -0.1) is 0 Å². The van der Waals surface area contributed by atoms with Crippen LogP contribution in [0.1, 0.15) is 28.5 Å². The number of aromatic amines is 1. The number of amides is 2. The molecule has 3 rings (SSSR count). The van der Waals surface area contributed by atoms with Crippen molar-refractivity contribution in [2.45, 2.75) is 32.3 Å². The van der Waals surface area contributed by atoms with E-state index in [0.29, 0.717) is 24.9 Å². The van der Waals surface area contributed by atoms with Crippen molar-refractivity contribution in [3.05, 3.63) is 39.9 Å². The quantitative estimate of drug-likeness (QED) is 0.639. The van der Waals surface area contributed by atoms with Crippen LogP contribution in [0.15, 0.2) is 22.1 Å². The first-order chi connectivity index (χ1) is 14.9. The summed E-state index contributed by atoms with van der Waals surface area (Å²) in [4.78, 5) is 30.9. The van der Waals surface area contributed by atoms with Gasteiger partial charge in [0, 0.05) is 0 Å². The maximum absolute atomic E-state index is 14.7. The van der Waals surface area contributed by atoms with Crippen LogP contribution in [-0.4, -0.2) is 52.5 Å². The van der Waals surface area contributed by atoms with E-state index >= 15 is 0 Å². The molecule has 2 amide bonds. The van der Waals surface area contributed by atoms with Gasteiger partial charge in [-0.3, -0.25) is 14.7 Å². The number of carbonyl (C=O) groups is 2. The third kappa shape index (κ3) is 4.77. The number of ether oxygens (including phenoxy) is 1. The fourth-order valence-electron chi connectivity index (χ4n) is 2.51. The second-order valence-corrected chi connectivity index (χ2v) is 6.91. The fraction of sp³-hybridized carbons (Fsp3) is 0.278. The molecule has 170 valence electrons. The first kappa shape index (κ1) is 23.3. The highest BCUT2D eigenvalue weighted by atomic mass is 35.5. The Kier molecular flexibility index (Phi) is 6.30.